The predicted molar refractivity (Wildman–Crippen MR) is 59.4 cm³/mol. The first-order chi connectivity index (χ1) is 6.99. The van der Waals surface area contributed by atoms with E-state index >= 15 is 0 Å². The molecule has 1 aliphatic rings. The Morgan fingerprint density at radius 2 is 2.20 bits per heavy atom. The largest absolute Gasteiger partial charge is 0.369 e. The maximum atomic E-state index is 11.7. The Morgan fingerprint density at radius 1 is 1.53 bits per heavy atom. The molecular formula is C11H22N2O2. The van der Waals surface area contributed by atoms with E-state index in [1.165, 1.54) is 0 Å². The number of likely N-dealkylation sites (tertiary alicyclic amines) is 1. The molecule has 4 nitrogen and oxygen atoms in total. The van der Waals surface area contributed by atoms with Crippen LogP contribution in [0, 0.1) is 5.92 Å². The molecule has 2 N–H and O–H groups in total. The first-order valence-corrected chi connectivity index (χ1v) is 5.64. The zero-order chi connectivity index (χ0) is 11.4. The quantitative estimate of drug-likeness (QED) is 0.749. The van der Waals surface area contributed by atoms with E-state index in [2.05, 4.69) is 6.92 Å². The number of ether oxygens (including phenoxy) is 1. The molecule has 1 rings (SSSR count). The molecule has 0 aromatic carbocycles. The third-order valence-electron chi connectivity index (χ3n) is 2.58. The molecule has 2 unspecified atom stereocenters. The molecule has 2 atom stereocenters. The first-order valence-electron chi connectivity index (χ1n) is 5.64. The molecule has 0 spiro atoms. The van der Waals surface area contributed by atoms with E-state index in [1.807, 2.05) is 18.7 Å². The van der Waals surface area contributed by atoms with Gasteiger partial charge in [-0.3, -0.25) is 4.79 Å². The van der Waals surface area contributed by atoms with Gasteiger partial charge in [0.2, 0.25) is 5.91 Å². The second-order valence-corrected chi connectivity index (χ2v) is 4.76. The Balaban J connectivity index is 2.38. The zero-order valence-electron chi connectivity index (χ0n) is 9.90. The van der Waals surface area contributed by atoms with Crippen LogP contribution in [-0.2, 0) is 9.53 Å². The summed E-state index contributed by atoms with van der Waals surface area (Å²) in [4.78, 5) is 13.6. The molecule has 1 aliphatic heterocycles. The van der Waals surface area contributed by atoms with Gasteiger partial charge in [-0.1, -0.05) is 6.92 Å². The van der Waals surface area contributed by atoms with Gasteiger partial charge in [-0.15, -0.1) is 0 Å². The molecule has 4 heteroatoms. The number of nitrogens with two attached hydrogens (primary N) is 1. The molecule has 0 radical (unpaired) electrons. The van der Waals surface area contributed by atoms with E-state index in [1.54, 1.807) is 0 Å². The van der Waals surface area contributed by atoms with E-state index in [0.717, 1.165) is 13.0 Å². The van der Waals surface area contributed by atoms with Crippen LogP contribution in [0.4, 0.5) is 0 Å². The molecule has 0 aromatic heterocycles. The van der Waals surface area contributed by atoms with Gasteiger partial charge in [-0.05, 0) is 26.2 Å². The van der Waals surface area contributed by atoms with Crippen molar-refractivity contribution < 1.29 is 9.53 Å². The molecule has 0 bridgehead atoms. The number of hydrogen-bond donors (Lipinski definition) is 1. The van der Waals surface area contributed by atoms with Gasteiger partial charge in [-0.2, -0.15) is 0 Å². The number of nitrogens with zero attached hydrogens (tertiary/aromatic N) is 1. The summed E-state index contributed by atoms with van der Waals surface area (Å²) < 4.78 is 5.30. The molecule has 1 saturated heterocycles. The van der Waals surface area contributed by atoms with Crippen molar-refractivity contribution in [2.45, 2.75) is 39.3 Å². The van der Waals surface area contributed by atoms with E-state index in [-0.39, 0.29) is 24.7 Å². The Kier molecular flexibility index (Phi) is 4.54. The number of carbonyl (C=O) groups is 1. The van der Waals surface area contributed by atoms with Gasteiger partial charge >= 0.3 is 0 Å². The van der Waals surface area contributed by atoms with Crippen LogP contribution in [0.3, 0.4) is 0 Å². The summed E-state index contributed by atoms with van der Waals surface area (Å²) in [6.45, 7) is 7.65. The molecule has 0 aromatic rings. The molecule has 88 valence electrons. The smallest absolute Gasteiger partial charge is 0.248 e. The third kappa shape index (κ3) is 4.18. The van der Waals surface area contributed by atoms with Gasteiger partial charge in [0.05, 0.1) is 6.10 Å². The maximum Gasteiger partial charge on any atom is 0.248 e. The Hall–Kier alpha value is -0.610. The minimum atomic E-state index is 0.0608. The Labute approximate surface area is 91.8 Å². The Morgan fingerprint density at radius 3 is 2.73 bits per heavy atom. The van der Waals surface area contributed by atoms with E-state index in [0.29, 0.717) is 12.5 Å². The summed E-state index contributed by atoms with van der Waals surface area (Å²) in [5.74, 6) is 0.558. The normalized spacial score (nSPS) is 27.1. The van der Waals surface area contributed by atoms with Crippen molar-refractivity contribution in [3.63, 3.8) is 0 Å². The highest BCUT2D eigenvalue weighted by Gasteiger charge is 2.25. The molecule has 1 fully saturated rings. The second-order valence-electron chi connectivity index (χ2n) is 4.76. The highest BCUT2D eigenvalue weighted by atomic mass is 16.5. The number of carbonyl (C=O) groups excluding carboxylic acids is 1. The first kappa shape index (κ1) is 12.5. The fourth-order valence-electron chi connectivity index (χ4n) is 1.93. The van der Waals surface area contributed by atoms with Crippen LogP contribution in [0.5, 0.6) is 0 Å². The van der Waals surface area contributed by atoms with Crippen molar-refractivity contribution in [2.75, 3.05) is 19.7 Å². The van der Waals surface area contributed by atoms with Crippen LogP contribution in [0.2, 0.25) is 0 Å². The number of amides is 1. The zero-order valence-corrected chi connectivity index (χ0v) is 9.90. The van der Waals surface area contributed by atoms with Crippen LogP contribution in [0.25, 0.3) is 0 Å². The number of piperidine rings is 1. The maximum absolute atomic E-state index is 11.7. The van der Waals surface area contributed by atoms with E-state index < -0.39 is 0 Å². The Bertz CT molecular complexity index is 209. The van der Waals surface area contributed by atoms with Crippen LogP contribution in [0.15, 0.2) is 0 Å². The van der Waals surface area contributed by atoms with Crippen molar-refractivity contribution in [2.24, 2.45) is 11.7 Å². The van der Waals surface area contributed by atoms with Crippen LogP contribution >= 0.6 is 0 Å². The number of hydrogen-bond acceptors (Lipinski definition) is 3. The van der Waals surface area contributed by atoms with Gasteiger partial charge in [-0.25, -0.2) is 0 Å². The van der Waals surface area contributed by atoms with Gasteiger partial charge in [0.1, 0.15) is 6.61 Å². The van der Waals surface area contributed by atoms with E-state index in [9.17, 15) is 4.79 Å². The topological polar surface area (TPSA) is 55.6 Å². The lowest BCUT2D eigenvalue weighted by molar-refractivity contribution is -0.139. The molecule has 0 saturated carbocycles. The summed E-state index contributed by atoms with van der Waals surface area (Å²) >= 11 is 0. The minimum absolute atomic E-state index is 0.0608. The van der Waals surface area contributed by atoms with Gasteiger partial charge in [0.15, 0.2) is 0 Å². The van der Waals surface area contributed by atoms with Crippen molar-refractivity contribution in [3.8, 4) is 0 Å². The molecular weight excluding hydrogens is 192 g/mol. The highest BCUT2D eigenvalue weighted by molar-refractivity contribution is 5.77. The van der Waals surface area contributed by atoms with Crippen molar-refractivity contribution >= 4 is 5.91 Å². The monoisotopic (exact) mass is 214 g/mol. The van der Waals surface area contributed by atoms with Crippen LogP contribution in [-0.4, -0.2) is 42.6 Å². The van der Waals surface area contributed by atoms with Crippen molar-refractivity contribution in [3.05, 3.63) is 0 Å². The van der Waals surface area contributed by atoms with Gasteiger partial charge in [0.25, 0.3) is 0 Å². The fraction of sp³-hybridized carbons (Fsp3) is 0.909. The van der Waals surface area contributed by atoms with Gasteiger partial charge in [0, 0.05) is 19.1 Å². The summed E-state index contributed by atoms with van der Waals surface area (Å²) in [5, 5.41) is 0. The number of rotatable bonds is 3. The molecule has 15 heavy (non-hydrogen) atoms. The average molecular weight is 214 g/mol. The second kappa shape index (κ2) is 5.47. The van der Waals surface area contributed by atoms with Crippen LogP contribution < -0.4 is 5.73 Å². The molecule has 0 aliphatic carbocycles. The highest BCUT2D eigenvalue weighted by Crippen LogP contribution is 2.15. The third-order valence-corrected chi connectivity index (χ3v) is 2.58. The van der Waals surface area contributed by atoms with Crippen LogP contribution in [0.1, 0.15) is 27.2 Å². The average Bonchev–Trinajstić information content (AvgIpc) is 2.12. The minimum Gasteiger partial charge on any atom is -0.369 e. The SMILES string of the molecule is CC1CC(N)CN(C(=O)COC(C)C)C1. The molecule has 1 amide bonds. The lowest BCUT2D eigenvalue weighted by Gasteiger charge is -2.34. The summed E-state index contributed by atoms with van der Waals surface area (Å²) in [6.07, 6.45) is 1.11. The van der Waals surface area contributed by atoms with E-state index in [4.69, 9.17) is 10.5 Å². The fourth-order valence-corrected chi connectivity index (χ4v) is 1.93. The predicted octanol–water partition coefficient (Wildman–Crippen LogP) is 0.607. The van der Waals surface area contributed by atoms with Gasteiger partial charge < -0.3 is 15.4 Å². The summed E-state index contributed by atoms with van der Waals surface area (Å²) in [6, 6.07) is 0.122. The lowest BCUT2D eigenvalue weighted by Crippen LogP contribution is -2.50. The molecule has 1 heterocycles. The summed E-state index contributed by atoms with van der Waals surface area (Å²) in [5.41, 5.74) is 5.87. The standard InChI is InChI=1S/C11H22N2O2/c1-8(2)15-7-11(14)13-5-9(3)4-10(12)6-13/h8-10H,4-7,12H2,1-3H3. The van der Waals surface area contributed by atoms with Crippen molar-refractivity contribution in [1.82, 2.24) is 4.90 Å². The lowest BCUT2D eigenvalue weighted by atomic mass is 9.97. The van der Waals surface area contributed by atoms with Crippen molar-refractivity contribution in [1.29, 1.82) is 0 Å². The summed E-state index contributed by atoms with van der Waals surface area (Å²) in [7, 11) is 0.